The number of allylic oxidation sites excluding steroid dienone is 1. The van der Waals surface area contributed by atoms with Gasteiger partial charge in [-0.1, -0.05) is 19.9 Å². The summed E-state index contributed by atoms with van der Waals surface area (Å²) >= 11 is 0. The van der Waals surface area contributed by atoms with E-state index in [2.05, 4.69) is 6.92 Å². The summed E-state index contributed by atoms with van der Waals surface area (Å²) < 4.78 is 41.6. The van der Waals surface area contributed by atoms with E-state index in [4.69, 9.17) is 33.2 Å². The van der Waals surface area contributed by atoms with E-state index in [-0.39, 0.29) is 37.1 Å². The van der Waals surface area contributed by atoms with Crippen LogP contribution in [-0.4, -0.2) is 79.9 Å². The molecule has 0 N–H and O–H groups in total. The van der Waals surface area contributed by atoms with Gasteiger partial charge in [-0.15, -0.1) is 0 Å². The van der Waals surface area contributed by atoms with Crippen LogP contribution in [0.4, 0.5) is 0 Å². The third kappa shape index (κ3) is 6.63. The van der Waals surface area contributed by atoms with Crippen molar-refractivity contribution in [2.45, 2.75) is 118 Å². The molecule has 5 rings (SSSR count). The highest BCUT2D eigenvalue weighted by atomic mass is 16.7. The van der Waals surface area contributed by atoms with E-state index < -0.39 is 64.8 Å². The number of rotatable bonds is 12. The molecule has 3 heterocycles. The Bertz CT molecular complexity index is 1210. The second-order valence-electron chi connectivity index (χ2n) is 13.4. The molecule has 0 aromatic heterocycles. The lowest BCUT2D eigenvalue weighted by atomic mass is 9.40. The van der Waals surface area contributed by atoms with E-state index in [1.54, 1.807) is 19.9 Å². The highest BCUT2D eigenvalue weighted by Gasteiger charge is 2.84. The van der Waals surface area contributed by atoms with Gasteiger partial charge in [0.25, 0.3) is 0 Å². The summed E-state index contributed by atoms with van der Waals surface area (Å²) in [6, 6.07) is 0. The molecule has 2 bridgehead atoms. The molecule has 252 valence electrons. The summed E-state index contributed by atoms with van der Waals surface area (Å²) in [7, 11) is 0. The quantitative estimate of drug-likeness (QED) is 0.132. The Hall–Kier alpha value is -2.99. The number of ether oxygens (including phenoxy) is 7. The lowest BCUT2D eigenvalue weighted by molar-refractivity contribution is -0.382. The van der Waals surface area contributed by atoms with E-state index >= 15 is 0 Å². The molecule has 12 heteroatoms. The fourth-order valence-corrected chi connectivity index (χ4v) is 8.23. The Kier molecular flexibility index (Phi) is 10.4. The molecule has 2 spiro atoms. The fraction of sp³-hybridized carbons (Fsp3) is 0.788. The number of fused-ring (bicyclic) bond motifs is 1. The van der Waals surface area contributed by atoms with Crippen molar-refractivity contribution in [3.8, 4) is 0 Å². The third-order valence-electron chi connectivity index (χ3n) is 10.7. The average Bonchev–Trinajstić information content (AvgIpc) is 3.72. The minimum atomic E-state index is -1.18. The normalized spacial score (nSPS) is 37.2. The van der Waals surface area contributed by atoms with Crippen LogP contribution >= 0.6 is 0 Å². The van der Waals surface area contributed by atoms with Gasteiger partial charge in [0, 0.05) is 45.6 Å². The van der Waals surface area contributed by atoms with Crippen molar-refractivity contribution in [3.63, 3.8) is 0 Å². The Morgan fingerprint density at radius 1 is 0.911 bits per heavy atom. The lowest BCUT2D eigenvalue weighted by Gasteiger charge is -2.69. The zero-order valence-corrected chi connectivity index (χ0v) is 27.7. The highest BCUT2D eigenvalue weighted by Crippen LogP contribution is 2.74. The van der Waals surface area contributed by atoms with Gasteiger partial charge >= 0.3 is 29.8 Å². The first-order valence-corrected chi connectivity index (χ1v) is 15.9. The van der Waals surface area contributed by atoms with Crippen LogP contribution in [0.2, 0.25) is 0 Å². The minimum absolute atomic E-state index is 0.124. The van der Waals surface area contributed by atoms with Gasteiger partial charge in [-0.2, -0.15) is 0 Å². The Labute approximate surface area is 264 Å². The molecule has 10 atom stereocenters. The minimum Gasteiger partial charge on any atom is -0.466 e. The Balaban J connectivity index is 1.80. The van der Waals surface area contributed by atoms with Gasteiger partial charge in [-0.3, -0.25) is 19.2 Å². The second kappa shape index (κ2) is 13.4. The standard InChI is InChI=1S/C33H48O12/c1-9-18(2)29(38)45-30-33-26(14-25(44-30)15-32(33)17-41-32)31(8,19(3)27(42-22(6)36)28(33)43-23(7)37)12-10-24(16-40-21(5)35)11-13-39-20(4)34/h9,19,24-28,30H,10-17H2,1-8H3/b18-9+/t19-,24+,25-,26-,27-,28+,30-,31+,32+,33+/m1/s1. The first-order chi connectivity index (χ1) is 21.1. The van der Waals surface area contributed by atoms with Gasteiger partial charge in [-0.25, -0.2) is 4.79 Å². The number of hydrogen-bond donors (Lipinski definition) is 0. The lowest BCUT2D eigenvalue weighted by Crippen LogP contribution is -2.79. The number of esters is 5. The summed E-state index contributed by atoms with van der Waals surface area (Å²) in [5.74, 6) is -3.13. The number of epoxide rings is 1. The maximum absolute atomic E-state index is 13.2. The topological polar surface area (TPSA) is 153 Å². The van der Waals surface area contributed by atoms with Crippen LogP contribution in [0.25, 0.3) is 0 Å². The molecule has 12 nitrogen and oxygen atoms in total. The zero-order chi connectivity index (χ0) is 33.3. The summed E-state index contributed by atoms with van der Waals surface area (Å²) in [5.41, 5.74) is -2.18. The monoisotopic (exact) mass is 636 g/mol. The van der Waals surface area contributed by atoms with E-state index in [9.17, 15) is 24.0 Å². The van der Waals surface area contributed by atoms with Crippen molar-refractivity contribution in [2.75, 3.05) is 19.8 Å². The zero-order valence-electron chi connectivity index (χ0n) is 27.7. The summed E-state index contributed by atoms with van der Waals surface area (Å²) in [5, 5.41) is 0. The smallest absolute Gasteiger partial charge is 0.335 e. The average molecular weight is 637 g/mol. The fourth-order valence-electron chi connectivity index (χ4n) is 8.23. The molecule has 2 aliphatic carbocycles. The molecule has 5 fully saturated rings. The molecule has 45 heavy (non-hydrogen) atoms. The molecule has 0 radical (unpaired) electrons. The van der Waals surface area contributed by atoms with Crippen molar-refractivity contribution >= 4 is 29.8 Å². The van der Waals surface area contributed by atoms with Crippen LogP contribution in [0.15, 0.2) is 11.6 Å². The molecule has 5 aliphatic rings. The second-order valence-corrected chi connectivity index (χ2v) is 13.4. The van der Waals surface area contributed by atoms with Crippen LogP contribution in [0.5, 0.6) is 0 Å². The van der Waals surface area contributed by atoms with Crippen molar-refractivity contribution in [1.82, 2.24) is 0 Å². The molecule has 0 aromatic carbocycles. The van der Waals surface area contributed by atoms with E-state index in [1.165, 1.54) is 27.7 Å². The van der Waals surface area contributed by atoms with Crippen LogP contribution in [0.1, 0.15) is 87.5 Å². The van der Waals surface area contributed by atoms with Gasteiger partial charge in [0.2, 0.25) is 6.29 Å². The van der Waals surface area contributed by atoms with Crippen LogP contribution in [-0.2, 0) is 57.1 Å². The van der Waals surface area contributed by atoms with Crippen molar-refractivity contribution in [1.29, 1.82) is 0 Å². The molecule has 0 aromatic rings. The maximum atomic E-state index is 13.2. The SMILES string of the molecule is C/C=C(\C)C(=O)O[C@H]1O[C@@H]2C[C@@H]3[C@@](C)(CC[C@@H](CCOC(C)=O)COC(C)=O)[C@H](C)[C@@H](OC(C)=O)[C@H](OC(C)=O)[C@]13[C@@]1(CO1)C2. The number of carbonyl (C=O) groups excluding carboxylic acids is 5. The summed E-state index contributed by atoms with van der Waals surface area (Å²) in [6.07, 6.45) is 1.11. The van der Waals surface area contributed by atoms with Crippen molar-refractivity contribution < 1.29 is 57.1 Å². The van der Waals surface area contributed by atoms with Gasteiger partial charge < -0.3 is 33.2 Å². The van der Waals surface area contributed by atoms with Crippen molar-refractivity contribution in [2.24, 2.45) is 28.6 Å². The number of hydrogen-bond acceptors (Lipinski definition) is 12. The van der Waals surface area contributed by atoms with E-state index in [0.717, 1.165) is 0 Å². The van der Waals surface area contributed by atoms with Gasteiger partial charge in [0.05, 0.1) is 25.9 Å². The van der Waals surface area contributed by atoms with E-state index in [1.807, 2.05) is 6.92 Å². The molecule has 3 saturated heterocycles. The predicted octanol–water partition coefficient (Wildman–Crippen LogP) is 3.82. The predicted molar refractivity (Wildman–Crippen MR) is 157 cm³/mol. The van der Waals surface area contributed by atoms with Crippen molar-refractivity contribution in [3.05, 3.63) is 11.6 Å². The Morgan fingerprint density at radius 2 is 1.56 bits per heavy atom. The molecule has 2 saturated carbocycles. The van der Waals surface area contributed by atoms with Crippen LogP contribution in [0.3, 0.4) is 0 Å². The molecular weight excluding hydrogens is 588 g/mol. The largest absolute Gasteiger partial charge is 0.466 e. The van der Waals surface area contributed by atoms with Crippen LogP contribution in [0, 0.1) is 28.6 Å². The molecule has 0 amide bonds. The maximum Gasteiger partial charge on any atom is 0.335 e. The van der Waals surface area contributed by atoms with Gasteiger partial charge in [0.15, 0.2) is 6.10 Å². The molecular formula is C33H48O12. The molecule has 3 aliphatic heterocycles. The highest BCUT2D eigenvalue weighted by molar-refractivity contribution is 5.87. The van der Waals surface area contributed by atoms with Gasteiger partial charge in [0.1, 0.15) is 17.1 Å². The number of carbonyl (C=O) groups is 5. The molecule has 0 unspecified atom stereocenters. The van der Waals surface area contributed by atoms with Crippen LogP contribution < -0.4 is 0 Å². The van der Waals surface area contributed by atoms with Gasteiger partial charge in [-0.05, 0) is 56.8 Å². The first kappa shape index (κ1) is 34.9. The summed E-state index contributed by atoms with van der Waals surface area (Å²) in [4.78, 5) is 61.7. The summed E-state index contributed by atoms with van der Waals surface area (Å²) in [6.45, 7) is 13.5. The van der Waals surface area contributed by atoms with E-state index in [0.29, 0.717) is 44.3 Å². The Morgan fingerprint density at radius 3 is 2.11 bits per heavy atom. The third-order valence-corrected chi connectivity index (χ3v) is 10.7. The first-order valence-electron chi connectivity index (χ1n) is 15.9.